The van der Waals surface area contributed by atoms with E-state index in [2.05, 4.69) is 10.1 Å². The maximum atomic E-state index is 6.29. The maximum Gasteiger partial charge on any atom is 0.260 e. The standard InChI is InChI=1S/C15H21N3O2/c1-4-15(16,5-2)14-17-13(20-18-14)12(19-3)11-9-7-6-8-10-11/h6-10,12H,4-5,16H2,1-3H3. The number of nitrogens with two attached hydrogens (primary N) is 1. The van der Waals surface area contributed by atoms with Gasteiger partial charge in [0.25, 0.3) is 5.89 Å². The Kier molecular flexibility index (Phi) is 4.52. The highest BCUT2D eigenvalue weighted by atomic mass is 16.5. The quantitative estimate of drug-likeness (QED) is 0.877. The molecule has 2 rings (SSSR count). The fourth-order valence-corrected chi connectivity index (χ4v) is 2.12. The highest BCUT2D eigenvalue weighted by Crippen LogP contribution is 2.28. The van der Waals surface area contributed by atoms with Gasteiger partial charge >= 0.3 is 0 Å². The molecule has 0 spiro atoms. The maximum absolute atomic E-state index is 6.29. The van der Waals surface area contributed by atoms with Gasteiger partial charge in [-0.3, -0.25) is 0 Å². The van der Waals surface area contributed by atoms with Gasteiger partial charge in [-0.1, -0.05) is 49.3 Å². The third-order valence-corrected chi connectivity index (χ3v) is 3.71. The average molecular weight is 275 g/mol. The summed E-state index contributed by atoms with van der Waals surface area (Å²) >= 11 is 0. The molecular weight excluding hydrogens is 254 g/mol. The molecule has 1 unspecified atom stereocenters. The second-order valence-electron chi connectivity index (χ2n) is 4.85. The van der Waals surface area contributed by atoms with Crippen LogP contribution in [0.5, 0.6) is 0 Å². The molecular formula is C15H21N3O2. The molecule has 0 bridgehead atoms. The molecule has 0 aliphatic rings. The predicted octanol–water partition coefficient (Wildman–Crippen LogP) is 2.78. The van der Waals surface area contributed by atoms with E-state index in [9.17, 15) is 0 Å². The average Bonchev–Trinajstić information content (AvgIpc) is 2.98. The van der Waals surface area contributed by atoms with Gasteiger partial charge in [0, 0.05) is 7.11 Å². The molecule has 0 fully saturated rings. The van der Waals surface area contributed by atoms with Crippen molar-refractivity contribution >= 4 is 0 Å². The summed E-state index contributed by atoms with van der Waals surface area (Å²) < 4.78 is 10.8. The Morgan fingerprint density at radius 3 is 2.45 bits per heavy atom. The van der Waals surface area contributed by atoms with Gasteiger partial charge in [-0.15, -0.1) is 0 Å². The Balaban J connectivity index is 2.32. The molecule has 1 heterocycles. The topological polar surface area (TPSA) is 74.2 Å². The van der Waals surface area contributed by atoms with Crippen molar-refractivity contribution in [1.29, 1.82) is 0 Å². The van der Waals surface area contributed by atoms with Crippen LogP contribution in [-0.2, 0) is 10.3 Å². The molecule has 0 radical (unpaired) electrons. The van der Waals surface area contributed by atoms with Crippen molar-refractivity contribution in [2.24, 2.45) is 5.73 Å². The Morgan fingerprint density at radius 2 is 1.90 bits per heavy atom. The van der Waals surface area contributed by atoms with E-state index < -0.39 is 5.54 Å². The van der Waals surface area contributed by atoms with Crippen molar-refractivity contribution in [2.45, 2.75) is 38.3 Å². The number of ether oxygens (including phenoxy) is 1. The molecule has 1 aromatic carbocycles. The third kappa shape index (κ3) is 2.73. The van der Waals surface area contributed by atoms with E-state index in [-0.39, 0.29) is 6.10 Å². The van der Waals surface area contributed by atoms with Crippen molar-refractivity contribution in [3.8, 4) is 0 Å². The number of hydrogen-bond donors (Lipinski definition) is 1. The van der Waals surface area contributed by atoms with E-state index in [4.69, 9.17) is 15.0 Å². The van der Waals surface area contributed by atoms with E-state index in [1.54, 1.807) is 7.11 Å². The minimum atomic E-state index is -0.545. The Labute approximate surface area is 119 Å². The molecule has 0 amide bonds. The molecule has 0 saturated heterocycles. The van der Waals surface area contributed by atoms with Crippen molar-refractivity contribution in [3.05, 3.63) is 47.6 Å². The summed E-state index contributed by atoms with van der Waals surface area (Å²) in [6.45, 7) is 4.04. The second-order valence-corrected chi connectivity index (χ2v) is 4.85. The van der Waals surface area contributed by atoms with Crippen LogP contribution in [0.3, 0.4) is 0 Å². The first-order valence-electron chi connectivity index (χ1n) is 6.85. The van der Waals surface area contributed by atoms with Crippen LogP contribution < -0.4 is 5.73 Å². The van der Waals surface area contributed by atoms with Crippen LogP contribution in [0.25, 0.3) is 0 Å². The number of methoxy groups -OCH3 is 1. The van der Waals surface area contributed by atoms with Crippen LogP contribution in [0.15, 0.2) is 34.9 Å². The van der Waals surface area contributed by atoms with Gasteiger partial charge in [0.1, 0.15) is 0 Å². The highest BCUT2D eigenvalue weighted by Gasteiger charge is 2.31. The normalized spacial score (nSPS) is 13.4. The first-order chi connectivity index (χ1) is 9.64. The minimum Gasteiger partial charge on any atom is -0.367 e. The van der Waals surface area contributed by atoms with Crippen LogP contribution in [0, 0.1) is 0 Å². The number of rotatable bonds is 6. The van der Waals surface area contributed by atoms with Crippen molar-refractivity contribution in [3.63, 3.8) is 0 Å². The summed E-state index contributed by atoms with van der Waals surface area (Å²) in [5.41, 5.74) is 6.71. The van der Waals surface area contributed by atoms with E-state index in [0.717, 1.165) is 18.4 Å². The lowest BCUT2D eigenvalue weighted by molar-refractivity contribution is 0.105. The molecule has 5 nitrogen and oxygen atoms in total. The molecule has 1 atom stereocenters. The SMILES string of the molecule is CCC(N)(CC)c1noc(C(OC)c2ccccc2)n1. The van der Waals surface area contributed by atoms with Crippen LogP contribution in [0.1, 0.15) is 50.1 Å². The van der Waals surface area contributed by atoms with Gasteiger partial charge in [0.05, 0.1) is 5.54 Å². The van der Waals surface area contributed by atoms with Crippen LogP contribution in [0.4, 0.5) is 0 Å². The van der Waals surface area contributed by atoms with Crippen LogP contribution >= 0.6 is 0 Å². The molecule has 5 heteroatoms. The molecule has 20 heavy (non-hydrogen) atoms. The first-order valence-corrected chi connectivity index (χ1v) is 6.85. The van der Waals surface area contributed by atoms with E-state index in [1.165, 1.54) is 0 Å². The lowest BCUT2D eigenvalue weighted by Crippen LogP contribution is -2.36. The fraction of sp³-hybridized carbons (Fsp3) is 0.467. The number of benzene rings is 1. The smallest absolute Gasteiger partial charge is 0.260 e. The minimum absolute atomic E-state index is 0.365. The van der Waals surface area contributed by atoms with Gasteiger partial charge < -0.3 is 15.0 Å². The summed E-state index contributed by atoms with van der Waals surface area (Å²) in [7, 11) is 1.62. The van der Waals surface area contributed by atoms with Crippen LogP contribution in [0.2, 0.25) is 0 Å². The predicted molar refractivity (Wildman–Crippen MR) is 76.0 cm³/mol. The fourth-order valence-electron chi connectivity index (χ4n) is 2.12. The third-order valence-electron chi connectivity index (χ3n) is 3.71. The monoisotopic (exact) mass is 275 g/mol. The van der Waals surface area contributed by atoms with E-state index in [0.29, 0.717) is 11.7 Å². The van der Waals surface area contributed by atoms with Crippen molar-refractivity contribution in [2.75, 3.05) is 7.11 Å². The van der Waals surface area contributed by atoms with Crippen molar-refractivity contribution < 1.29 is 9.26 Å². The molecule has 0 saturated carbocycles. The lowest BCUT2D eigenvalue weighted by Gasteiger charge is -2.21. The zero-order valence-electron chi connectivity index (χ0n) is 12.2. The molecule has 2 N–H and O–H groups in total. The van der Waals surface area contributed by atoms with E-state index in [1.807, 2.05) is 44.2 Å². The summed E-state index contributed by atoms with van der Waals surface area (Å²) in [6.07, 6.45) is 1.15. The van der Waals surface area contributed by atoms with Crippen LogP contribution in [-0.4, -0.2) is 17.3 Å². The Morgan fingerprint density at radius 1 is 1.25 bits per heavy atom. The number of aromatic nitrogens is 2. The molecule has 0 aliphatic heterocycles. The first kappa shape index (κ1) is 14.7. The lowest BCUT2D eigenvalue weighted by atomic mass is 9.93. The van der Waals surface area contributed by atoms with Gasteiger partial charge in [0.15, 0.2) is 11.9 Å². The zero-order valence-corrected chi connectivity index (χ0v) is 12.2. The summed E-state index contributed by atoms with van der Waals surface area (Å²) in [5.74, 6) is 0.973. The molecule has 108 valence electrons. The largest absolute Gasteiger partial charge is 0.367 e. The molecule has 0 aliphatic carbocycles. The van der Waals surface area contributed by atoms with E-state index >= 15 is 0 Å². The van der Waals surface area contributed by atoms with Gasteiger partial charge in [0.2, 0.25) is 0 Å². The van der Waals surface area contributed by atoms with Gasteiger partial charge in [-0.05, 0) is 18.4 Å². The summed E-state index contributed by atoms with van der Waals surface area (Å²) in [6, 6.07) is 9.78. The summed E-state index contributed by atoms with van der Waals surface area (Å²) in [5, 5.41) is 4.03. The molecule has 2 aromatic rings. The van der Waals surface area contributed by atoms with Gasteiger partial charge in [-0.2, -0.15) is 4.98 Å². The summed E-state index contributed by atoms with van der Waals surface area (Å²) in [4.78, 5) is 4.44. The van der Waals surface area contributed by atoms with Crippen molar-refractivity contribution in [1.82, 2.24) is 10.1 Å². The Hall–Kier alpha value is -1.72. The number of hydrogen-bond acceptors (Lipinski definition) is 5. The second kappa shape index (κ2) is 6.15. The zero-order chi connectivity index (χ0) is 14.6. The number of nitrogens with zero attached hydrogens (tertiary/aromatic N) is 2. The highest BCUT2D eigenvalue weighted by molar-refractivity contribution is 5.22. The molecule has 1 aromatic heterocycles. The van der Waals surface area contributed by atoms with Gasteiger partial charge in [-0.25, -0.2) is 0 Å². The Bertz CT molecular complexity index is 535.